The molecule has 1 saturated heterocycles. The van der Waals surface area contributed by atoms with Crippen LogP contribution in [0.15, 0.2) is 60.7 Å². The third-order valence-corrected chi connectivity index (χ3v) is 4.89. The SMILES string of the molecule is Cl.OC1(C2CC2)CN(C(c2ccccc2)c2ccccc2)C1. The van der Waals surface area contributed by atoms with Crippen LogP contribution in [-0.4, -0.2) is 28.7 Å². The molecule has 2 aromatic rings. The van der Waals surface area contributed by atoms with Gasteiger partial charge in [0.2, 0.25) is 0 Å². The van der Waals surface area contributed by atoms with Crippen LogP contribution < -0.4 is 0 Å². The number of halogens is 1. The first-order valence-electron chi connectivity index (χ1n) is 7.83. The monoisotopic (exact) mass is 315 g/mol. The Hall–Kier alpha value is -1.35. The van der Waals surface area contributed by atoms with Crippen molar-refractivity contribution >= 4 is 12.4 Å². The highest BCUT2D eigenvalue weighted by Crippen LogP contribution is 2.47. The van der Waals surface area contributed by atoms with Crippen molar-refractivity contribution in [3.8, 4) is 0 Å². The highest BCUT2D eigenvalue weighted by atomic mass is 35.5. The number of β-amino-alcohol motifs (C(OH)–C–C–N with tert-alkyl or cyclic N) is 1. The number of rotatable bonds is 4. The van der Waals surface area contributed by atoms with E-state index in [0.29, 0.717) is 5.92 Å². The molecule has 0 unspecified atom stereocenters. The number of nitrogens with zero attached hydrogens (tertiary/aromatic N) is 1. The van der Waals surface area contributed by atoms with E-state index >= 15 is 0 Å². The molecule has 0 bridgehead atoms. The van der Waals surface area contributed by atoms with E-state index in [9.17, 15) is 5.11 Å². The summed E-state index contributed by atoms with van der Waals surface area (Å²) < 4.78 is 0. The quantitative estimate of drug-likeness (QED) is 0.931. The van der Waals surface area contributed by atoms with Gasteiger partial charge in [0.05, 0.1) is 11.6 Å². The van der Waals surface area contributed by atoms with Gasteiger partial charge in [-0.2, -0.15) is 0 Å². The van der Waals surface area contributed by atoms with Gasteiger partial charge in [-0.15, -0.1) is 12.4 Å². The van der Waals surface area contributed by atoms with E-state index in [1.807, 2.05) is 0 Å². The summed E-state index contributed by atoms with van der Waals surface area (Å²) in [5.74, 6) is 0.543. The van der Waals surface area contributed by atoms with Gasteiger partial charge in [0.1, 0.15) is 0 Å². The molecule has 0 atom stereocenters. The first-order chi connectivity index (χ1) is 10.3. The molecule has 22 heavy (non-hydrogen) atoms. The Kier molecular flexibility index (Phi) is 4.26. The van der Waals surface area contributed by atoms with E-state index in [1.54, 1.807) is 0 Å². The maximum atomic E-state index is 10.6. The molecule has 0 spiro atoms. The predicted molar refractivity (Wildman–Crippen MR) is 91.2 cm³/mol. The van der Waals surface area contributed by atoms with E-state index < -0.39 is 5.60 Å². The number of likely N-dealkylation sites (tertiary alicyclic amines) is 1. The lowest BCUT2D eigenvalue weighted by atomic mass is 9.84. The van der Waals surface area contributed by atoms with Crippen LogP contribution in [0.3, 0.4) is 0 Å². The molecular weight excluding hydrogens is 294 g/mol. The van der Waals surface area contributed by atoms with Gasteiger partial charge in [-0.3, -0.25) is 4.90 Å². The summed E-state index contributed by atoms with van der Waals surface area (Å²) in [7, 11) is 0. The number of aliphatic hydroxyl groups is 1. The molecule has 0 amide bonds. The summed E-state index contributed by atoms with van der Waals surface area (Å²) in [6.07, 6.45) is 2.40. The summed E-state index contributed by atoms with van der Waals surface area (Å²) in [6.45, 7) is 1.60. The molecule has 3 heteroatoms. The zero-order chi connectivity index (χ0) is 14.3. The summed E-state index contributed by atoms with van der Waals surface area (Å²) in [5, 5.41) is 10.6. The maximum Gasteiger partial charge on any atom is 0.0928 e. The molecule has 2 fully saturated rings. The average Bonchev–Trinajstić information content (AvgIpc) is 3.33. The first-order valence-corrected chi connectivity index (χ1v) is 7.83. The predicted octanol–water partition coefficient (Wildman–Crippen LogP) is 3.65. The smallest absolute Gasteiger partial charge is 0.0928 e. The second-order valence-electron chi connectivity index (χ2n) is 6.51. The molecule has 1 aliphatic heterocycles. The Bertz CT molecular complexity index is 566. The maximum absolute atomic E-state index is 10.6. The van der Waals surface area contributed by atoms with E-state index in [0.717, 1.165) is 13.1 Å². The van der Waals surface area contributed by atoms with E-state index in [-0.39, 0.29) is 18.4 Å². The van der Waals surface area contributed by atoms with Crippen molar-refractivity contribution in [3.05, 3.63) is 71.8 Å². The van der Waals surface area contributed by atoms with Crippen molar-refractivity contribution in [2.24, 2.45) is 5.92 Å². The third-order valence-electron chi connectivity index (χ3n) is 4.89. The summed E-state index contributed by atoms with van der Waals surface area (Å²) in [6, 6.07) is 21.5. The molecule has 1 saturated carbocycles. The number of benzene rings is 2. The molecule has 4 rings (SSSR count). The standard InChI is InChI=1S/C19H21NO.ClH/c21-19(17-11-12-17)13-20(14-19)18(15-7-3-1-4-8-15)16-9-5-2-6-10-16;/h1-10,17-18,21H,11-14H2;1H. The van der Waals surface area contributed by atoms with Gasteiger partial charge in [0, 0.05) is 13.1 Å². The van der Waals surface area contributed by atoms with E-state index in [1.165, 1.54) is 24.0 Å². The second kappa shape index (κ2) is 6.04. The molecule has 116 valence electrons. The highest BCUT2D eigenvalue weighted by Gasteiger charge is 2.53. The second-order valence-corrected chi connectivity index (χ2v) is 6.51. The molecule has 1 aliphatic carbocycles. The Labute approximate surface area is 138 Å². The minimum Gasteiger partial charge on any atom is -0.387 e. The molecule has 2 aromatic carbocycles. The molecular formula is C19H22ClNO. The Morgan fingerprint density at radius 1 is 0.864 bits per heavy atom. The van der Waals surface area contributed by atoms with E-state index in [4.69, 9.17) is 0 Å². The Morgan fingerprint density at radius 3 is 1.73 bits per heavy atom. The summed E-state index contributed by atoms with van der Waals surface area (Å²) in [4.78, 5) is 2.41. The van der Waals surface area contributed by atoms with Gasteiger partial charge in [0.25, 0.3) is 0 Å². The molecule has 1 heterocycles. The van der Waals surface area contributed by atoms with Crippen molar-refractivity contribution in [1.82, 2.24) is 4.90 Å². The number of hydrogen-bond acceptors (Lipinski definition) is 2. The highest BCUT2D eigenvalue weighted by molar-refractivity contribution is 5.85. The van der Waals surface area contributed by atoms with Crippen LogP contribution in [0.25, 0.3) is 0 Å². The minimum absolute atomic E-state index is 0. The Morgan fingerprint density at radius 2 is 1.32 bits per heavy atom. The van der Waals surface area contributed by atoms with Crippen LogP contribution in [0.4, 0.5) is 0 Å². The van der Waals surface area contributed by atoms with Crippen molar-refractivity contribution in [2.75, 3.05) is 13.1 Å². The zero-order valence-corrected chi connectivity index (χ0v) is 13.4. The summed E-state index contributed by atoms with van der Waals surface area (Å²) in [5.41, 5.74) is 2.19. The van der Waals surface area contributed by atoms with Crippen molar-refractivity contribution in [1.29, 1.82) is 0 Å². The fourth-order valence-electron chi connectivity index (χ4n) is 3.60. The molecule has 0 radical (unpaired) electrons. The van der Waals surface area contributed by atoms with Crippen LogP contribution in [-0.2, 0) is 0 Å². The lowest BCUT2D eigenvalue weighted by Crippen LogP contribution is -2.63. The van der Waals surface area contributed by atoms with Gasteiger partial charge in [0.15, 0.2) is 0 Å². The topological polar surface area (TPSA) is 23.5 Å². The first kappa shape index (κ1) is 15.5. The normalized spacial score (nSPS) is 20.3. The van der Waals surface area contributed by atoms with Crippen LogP contribution in [0.1, 0.15) is 30.0 Å². The van der Waals surface area contributed by atoms with Crippen LogP contribution in [0.2, 0.25) is 0 Å². The van der Waals surface area contributed by atoms with Crippen LogP contribution in [0, 0.1) is 5.92 Å². The Balaban J connectivity index is 0.00000144. The lowest BCUT2D eigenvalue weighted by Gasteiger charge is -2.51. The lowest BCUT2D eigenvalue weighted by molar-refractivity contribution is -0.124. The molecule has 0 aromatic heterocycles. The van der Waals surface area contributed by atoms with Crippen LogP contribution in [0.5, 0.6) is 0 Å². The zero-order valence-electron chi connectivity index (χ0n) is 12.6. The largest absolute Gasteiger partial charge is 0.387 e. The van der Waals surface area contributed by atoms with Crippen molar-refractivity contribution < 1.29 is 5.11 Å². The fraction of sp³-hybridized carbons (Fsp3) is 0.368. The molecule has 2 nitrogen and oxygen atoms in total. The fourth-order valence-corrected chi connectivity index (χ4v) is 3.60. The molecule has 1 N–H and O–H groups in total. The van der Waals surface area contributed by atoms with Crippen molar-refractivity contribution in [2.45, 2.75) is 24.5 Å². The number of hydrogen-bond donors (Lipinski definition) is 1. The van der Waals surface area contributed by atoms with Gasteiger partial charge < -0.3 is 5.11 Å². The third kappa shape index (κ3) is 2.79. The van der Waals surface area contributed by atoms with Gasteiger partial charge in [-0.25, -0.2) is 0 Å². The van der Waals surface area contributed by atoms with Gasteiger partial charge in [-0.05, 0) is 29.9 Å². The van der Waals surface area contributed by atoms with Crippen molar-refractivity contribution in [3.63, 3.8) is 0 Å². The van der Waals surface area contributed by atoms with E-state index in [2.05, 4.69) is 65.6 Å². The van der Waals surface area contributed by atoms with Crippen LogP contribution >= 0.6 is 12.4 Å². The summed E-state index contributed by atoms with van der Waals surface area (Å²) >= 11 is 0. The van der Waals surface area contributed by atoms with Gasteiger partial charge >= 0.3 is 0 Å². The minimum atomic E-state index is -0.429. The average molecular weight is 316 g/mol. The van der Waals surface area contributed by atoms with Gasteiger partial charge in [-0.1, -0.05) is 60.7 Å². The molecule has 2 aliphatic rings.